The zero-order valence-corrected chi connectivity index (χ0v) is 17.3. The van der Waals surface area contributed by atoms with E-state index in [-0.39, 0.29) is 18.4 Å². The smallest absolute Gasteiger partial charge is 0.258 e. The Hall–Kier alpha value is -2.50. The lowest BCUT2D eigenvalue weighted by molar-refractivity contribution is -0.123. The Bertz CT molecular complexity index is 893. The maximum absolute atomic E-state index is 11.9. The van der Waals surface area contributed by atoms with E-state index in [1.807, 2.05) is 24.3 Å². The fraction of sp³-hybridized carbons (Fsp3) is 0.273. The fourth-order valence-electron chi connectivity index (χ4n) is 2.58. The SMILES string of the molecule is O=C(/C=C/c1ccc(Cl)c(Cl)c1)NCCc1ccc(OCC(=O)NC2CC2)cc1. The van der Waals surface area contributed by atoms with Crippen molar-refractivity contribution in [3.63, 3.8) is 0 Å². The fourth-order valence-corrected chi connectivity index (χ4v) is 2.88. The first kappa shape index (κ1) is 21.2. The second kappa shape index (κ2) is 10.3. The van der Waals surface area contributed by atoms with Crippen LogP contribution in [0.4, 0.5) is 0 Å². The Balaban J connectivity index is 1.36. The molecule has 1 aliphatic rings. The minimum absolute atomic E-state index is 0.0249. The Morgan fingerprint density at radius 3 is 2.52 bits per heavy atom. The molecular weight excluding hydrogens is 411 g/mol. The lowest BCUT2D eigenvalue weighted by Gasteiger charge is -2.08. The van der Waals surface area contributed by atoms with Gasteiger partial charge >= 0.3 is 0 Å². The molecule has 1 fully saturated rings. The van der Waals surface area contributed by atoms with Crippen LogP contribution < -0.4 is 15.4 Å². The molecule has 29 heavy (non-hydrogen) atoms. The van der Waals surface area contributed by atoms with E-state index in [0.29, 0.717) is 34.8 Å². The van der Waals surface area contributed by atoms with Gasteiger partial charge in [0.05, 0.1) is 10.0 Å². The summed E-state index contributed by atoms with van der Waals surface area (Å²) < 4.78 is 5.48. The number of rotatable bonds is 9. The zero-order valence-electron chi connectivity index (χ0n) is 15.8. The van der Waals surface area contributed by atoms with Crippen LogP contribution in [0.15, 0.2) is 48.5 Å². The number of halogens is 2. The summed E-state index contributed by atoms with van der Waals surface area (Å²) >= 11 is 11.8. The molecule has 3 rings (SSSR count). The molecule has 7 heteroatoms. The number of hydrogen-bond acceptors (Lipinski definition) is 3. The molecule has 0 aliphatic heterocycles. The third kappa shape index (κ3) is 7.44. The Kier molecular flexibility index (Phi) is 7.55. The molecule has 1 aliphatic carbocycles. The summed E-state index contributed by atoms with van der Waals surface area (Å²) in [7, 11) is 0. The van der Waals surface area contributed by atoms with E-state index >= 15 is 0 Å². The van der Waals surface area contributed by atoms with Crippen LogP contribution in [0.1, 0.15) is 24.0 Å². The standard InChI is InChI=1S/C22H22Cl2N2O3/c23-19-9-3-16(13-20(19)24)4-10-21(27)25-12-11-15-1-7-18(8-2-15)29-14-22(28)26-17-5-6-17/h1-4,7-10,13,17H,5-6,11-12,14H2,(H,25,27)(H,26,28)/b10-4+. The van der Waals surface area contributed by atoms with Crippen LogP contribution >= 0.6 is 23.2 Å². The normalized spacial score (nSPS) is 13.3. The van der Waals surface area contributed by atoms with E-state index in [0.717, 1.165) is 24.0 Å². The molecule has 0 atom stereocenters. The lowest BCUT2D eigenvalue weighted by atomic mass is 10.1. The second-order valence-corrected chi connectivity index (χ2v) is 7.64. The van der Waals surface area contributed by atoms with Gasteiger partial charge in [0.1, 0.15) is 5.75 Å². The van der Waals surface area contributed by atoms with E-state index in [4.69, 9.17) is 27.9 Å². The molecule has 0 unspecified atom stereocenters. The monoisotopic (exact) mass is 432 g/mol. The molecule has 0 aromatic heterocycles. The van der Waals surface area contributed by atoms with E-state index in [9.17, 15) is 9.59 Å². The number of nitrogens with one attached hydrogen (secondary N) is 2. The highest BCUT2D eigenvalue weighted by atomic mass is 35.5. The maximum atomic E-state index is 11.9. The molecule has 2 aromatic rings. The van der Waals surface area contributed by atoms with Gasteiger partial charge < -0.3 is 15.4 Å². The molecule has 0 bridgehead atoms. The average molecular weight is 433 g/mol. The summed E-state index contributed by atoms with van der Waals surface area (Å²) in [4.78, 5) is 23.5. The van der Waals surface area contributed by atoms with Crippen LogP contribution in [0.2, 0.25) is 10.0 Å². The predicted molar refractivity (Wildman–Crippen MR) is 115 cm³/mol. The van der Waals surface area contributed by atoms with Crippen molar-refractivity contribution in [1.29, 1.82) is 0 Å². The van der Waals surface area contributed by atoms with Crippen molar-refractivity contribution in [1.82, 2.24) is 10.6 Å². The lowest BCUT2D eigenvalue weighted by Crippen LogP contribution is -2.30. The van der Waals surface area contributed by atoms with Gasteiger partial charge in [-0.05, 0) is 60.7 Å². The summed E-state index contributed by atoms with van der Waals surface area (Å²) in [5, 5.41) is 6.64. The molecule has 0 saturated heterocycles. The van der Waals surface area contributed by atoms with E-state index < -0.39 is 0 Å². The van der Waals surface area contributed by atoms with Gasteiger partial charge in [-0.3, -0.25) is 9.59 Å². The number of amides is 2. The van der Waals surface area contributed by atoms with Gasteiger partial charge in [-0.2, -0.15) is 0 Å². The van der Waals surface area contributed by atoms with Crippen molar-refractivity contribution in [2.45, 2.75) is 25.3 Å². The van der Waals surface area contributed by atoms with E-state index in [1.54, 1.807) is 24.3 Å². The quantitative estimate of drug-likeness (QED) is 0.587. The Morgan fingerprint density at radius 2 is 1.83 bits per heavy atom. The van der Waals surface area contributed by atoms with Gasteiger partial charge in [0.15, 0.2) is 6.61 Å². The van der Waals surface area contributed by atoms with Crippen LogP contribution in [-0.4, -0.2) is 31.0 Å². The van der Waals surface area contributed by atoms with Gasteiger partial charge in [-0.25, -0.2) is 0 Å². The number of ether oxygens (including phenoxy) is 1. The van der Waals surface area contributed by atoms with E-state index in [1.165, 1.54) is 6.08 Å². The van der Waals surface area contributed by atoms with E-state index in [2.05, 4.69) is 10.6 Å². The predicted octanol–water partition coefficient (Wildman–Crippen LogP) is 4.02. The van der Waals surface area contributed by atoms with Crippen molar-refractivity contribution in [3.05, 3.63) is 69.7 Å². The largest absolute Gasteiger partial charge is 0.484 e. The minimum atomic E-state index is -0.183. The highest BCUT2D eigenvalue weighted by molar-refractivity contribution is 6.42. The van der Waals surface area contributed by atoms with Gasteiger partial charge in [0.25, 0.3) is 5.91 Å². The number of carbonyl (C=O) groups is 2. The molecule has 1 saturated carbocycles. The van der Waals surface area contributed by atoms with Crippen molar-refractivity contribution in [2.75, 3.05) is 13.2 Å². The first-order valence-corrected chi connectivity index (χ1v) is 10.2. The van der Waals surface area contributed by atoms with Crippen LogP contribution in [-0.2, 0) is 16.0 Å². The average Bonchev–Trinajstić information content (AvgIpc) is 3.52. The number of benzene rings is 2. The molecule has 0 spiro atoms. The Labute approximate surface area is 180 Å². The van der Waals surface area contributed by atoms with Crippen molar-refractivity contribution < 1.29 is 14.3 Å². The van der Waals surface area contributed by atoms with Crippen LogP contribution in [0.3, 0.4) is 0 Å². The van der Waals surface area contributed by atoms with Crippen LogP contribution in [0.25, 0.3) is 6.08 Å². The zero-order chi connectivity index (χ0) is 20.6. The van der Waals surface area contributed by atoms with Crippen molar-refractivity contribution in [3.8, 4) is 5.75 Å². The molecule has 2 aromatic carbocycles. The summed E-state index contributed by atoms with van der Waals surface area (Å²) in [5.74, 6) is 0.374. The van der Waals surface area contributed by atoms with Crippen LogP contribution in [0, 0.1) is 0 Å². The topological polar surface area (TPSA) is 67.4 Å². The summed E-state index contributed by atoms with van der Waals surface area (Å²) in [5.41, 5.74) is 1.87. The maximum Gasteiger partial charge on any atom is 0.258 e. The second-order valence-electron chi connectivity index (χ2n) is 6.82. The summed E-state index contributed by atoms with van der Waals surface area (Å²) in [6.07, 6.45) is 5.95. The third-order valence-corrected chi connectivity index (χ3v) is 5.06. The summed E-state index contributed by atoms with van der Waals surface area (Å²) in [6, 6.07) is 13.0. The first-order chi connectivity index (χ1) is 14.0. The van der Waals surface area contributed by atoms with Gasteiger partial charge in [0, 0.05) is 18.7 Å². The molecular formula is C22H22Cl2N2O3. The molecule has 152 valence electrons. The number of hydrogen-bond donors (Lipinski definition) is 2. The highest BCUT2D eigenvalue weighted by Crippen LogP contribution is 2.23. The third-order valence-electron chi connectivity index (χ3n) is 4.32. The Morgan fingerprint density at radius 1 is 1.07 bits per heavy atom. The number of carbonyl (C=O) groups excluding carboxylic acids is 2. The molecule has 0 heterocycles. The van der Waals surface area contributed by atoms with Gasteiger partial charge in [-0.15, -0.1) is 0 Å². The highest BCUT2D eigenvalue weighted by Gasteiger charge is 2.23. The minimum Gasteiger partial charge on any atom is -0.484 e. The van der Waals surface area contributed by atoms with Crippen molar-refractivity contribution in [2.24, 2.45) is 0 Å². The van der Waals surface area contributed by atoms with Gasteiger partial charge in [0.2, 0.25) is 5.91 Å². The molecule has 2 N–H and O–H groups in total. The molecule has 0 radical (unpaired) electrons. The van der Waals surface area contributed by atoms with Crippen molar-refractivity contribution >= 4 is 41.1 Å². The molecule has 2 amide bonds. The molecule has 5 nitrogen and oxygen atoms in total. The summed E-state index contributed by atoms with van der Waals surface area (Å²) in [6.45, 7) is 0.533. The van der Waals surface area contributed by atoms with Crippen LogP contribution in [0.5, 0.6) is 5.75 Å². The first-order valence-electron chi connectivity index (χ1n) is 9.41. The van der Waals surface area contributed by atoms with Gasteiger partial charge in [-0.1, -0.05) is 41.4 Å².